The molecule has 0 atom stereocenters. The van der Waals surface area contributed by atoms with Crippen molar-refractivity contribution in [3.63, 3.8) is 0 Å². The van der Waals surface area contributed by atoms with Gasteiger partial charge in [0.1, 0.15) is 0 Å². The molecule has 0 aliphatic carbocycles. The van der Waals surface area contributed by atoms with Crippen LogP contribution < -0.4 is 9.80 Å². The first-order chi connectivity index (χ1) is 17.0. The molecule has 2 fully saturated rings. The van der Waals surface area contributed by atoms with E-state index < -0.39 is 0 Å². The maximum Gasteiger partial charge on any atom is 0.260 e. The molecule has 2 aromatic carbocycles. The second kappa shape index (κ2) is 10.5. The van der Waals surface area contributed by atoms with E-state index in [-0.39, 0.29) is 30.6 Å². The molecule has 0 N–H and O–H groups in total. The molecular formula is C25H25BrN4O4S. The highest BCUT2D eigenvalue weighted by Crippen LogP contribution is 2.32. The number of halogens is 1. The summed E-state index contributed by atoms with van der Waals surface area (Å²) in [5, 5.41) is 0.652. The number of imide groups is 1. The van der Waals surface area contributed by atoms with Crippen molar-refractivity contribution in [3.8, 4) is 0 Å². The molecule has 0 spiro atoms. The fraction of sp³-hybridized carbons (Fsp3) is 0.360. The van der Waals surface area contributed by atoms with Gasteiger partial charge in [-0.3, -0.25) is 29.1 Å². The van der Waals surface area contributed by atoms with Gasteiger partial charge in [-0.2, -0.15) is 0 Å². The van der Waals surface area contributed by atoms with Crippen LogP contribution in [0.15, 0.2) is 46.9 Å². The van der Waals surface area contributed by atoms with Gasteiger partial charge in [0.05, 0.1) is 29.1 Å². The molecule has 3 aromatic rings. The topological polar surface area (TPSA) is 83.1 Å². The van der Waals surface area contributed by atoms with E-state index in [0.717, 1.165) is 54.0 Å². The number of hydrogen-bond acceptors (Lipinski definition) is 7. The lowest BCUT2D eigenvalue weighted by Crippen LogP contribution is -2.39. The second-order valence-corrected chi connectivity index (χ2v) is 10.5. The summed E-state index contributed by atoms with van der Waals surface area (Å²) < 4.78 is 7.40. The minimum absolute atomic E-state index is 0.157. The van der Waals surface area contributed by atoms with Crippen LogP contribution in [0.5, 0.6) is 0 Å². The Morgan fingerprint density at radius 1 is 1.06 bits per heavy atom. The fourth-order valence-electron chi connectivity index (χ4n) is 4.34. The fourth-order valence-corrected chi connectivity index (χ4v) is 5.88. The normalized spacial score (nSPS) is 16.9. The SMILES string of the molecule is O=C(c1ccc(N2C(=O)CCC2=O)cc1)N(CCCN1CCOCC1)c1nc2ccc(Br)cc2s1. The van der Waals surface area contributed by atoms with Crippen LogP contribution in [0.25, 0.3) is 10.2 Å². The average Bonchev–Trinajstić information content (AvgIpc) is 3.44. The Morgan fingerprint density at radius 3 is 2.49 bits per heavy atom. The van der Waals surface area contributed by atoms with E-state index in [1.807, 2.05) is 18.2 Å². The number of aromatic nitrogens is 1. The Kier molecular flexibility index (Phi) is 7.24. The molecule has 2 aliphatic heterocycles. The van der Waals surface area contributed by atoms with Crippen LogP contribution in [0.1, 0.15) is 29.6 Å². The zero-order valence-corrected chi connectivity index (χ0v) is 21.5. The zero-order chi connectivity index (χ0) is 24.4. The molecule has 2 saturated heterocycles. The smallest absolute Gasteiger partial charge is 0.260 e. The van der Waals surface area contributed by atoms with E-state index in [1.165, 1.54) is 16.2 Å². The largest absolute Gasteiger partial charge is 0.379 e. The third-order valence-electron chi connectivity index (χ3n) is 6.20. The van der Waals surface area contributed by atoms with Gasteiger partial charge in [-0.25, -0.2) is 4.98 Å². The number of ether oxygens (including phenoxy) is 1. The van der Waals surface area contributed by atoms with Crippen molar-refractivity contribution in [2.45, 2.75) is 19.3 Å². The summed E-state index contributed by atoms with van der Waals surface area (Å²) in [6, 6.07) is 12.6. The second-order valence-electron chi connectivity index (χ2n) is 8.54. The molecule has 35 heavy (non-hydrogen) atoms. The molecular weight excluding hydrogens is 532 g/mol. The summed E-state index contributed by atoms with van der Waals surface area (Å²) in [6.07, 6.45) is 1.26. The summed E-state index contributed by atoms with van der Waals surface area (Å²) in [6.45, 7) is 4.69. The van der Waals surface area contributed by atoms with Gasteiger partial charge in [-0.15, -0.1) is 0 Å². The number of nitrogens with zero attached hydrogens (tertiary/aromatic N) is 4. The van der Waals surface area contributed by atoms with Crippen LogP contribution in [-0.2, 0) is 14.3 Å². The Labute approximate surface area is 215 Å². The number of fused-ring (bicyclic) bond motifs is 1. The Morgan fingerprint density at radius 2 is 1.77 bits per heavy atom. The van der Waals surface area contributed by atoms with Crippen LogP contribution >= 0.6 is 27.3 Å². The maximum atomic E-state index is 13.6. The lowest BCUT2D eigenvalue weighted by Gasteiger charge is -2.27. The Bertz CT molecular complexity index is 1240. The van der Waals surface area contributed by atoms with E-state index in [9.17, 15) is 14.4 Å². The van der Waals surface area contributed by atoms with Gasteiger partial charge in [-0.1, -0.05) is 27.3 Å². The van der Waals surface area contributed by atoms with Gasteiger partial charge in [-0.05, 0) is 48.9 Å². The number of anilines is 2. The quantitative estimate of drug-likeness (QED) is 0.408. The predicted molar refractivity (Wildman–Crippen MR) is 139 cm³/mol. The van der Waals surface area contributed by atoms with Crippen molar-refractivity contribution in [3.05, 3.63) is 52.5 Å². The Hall–Kier alpha value is -2.66. The maximum absolute atomic E-state index is 13.6. The molecule has 2 aliphatic rings. The lowest BCUT2D eigenvalue weighted by molar-refractivity contribution is -0.121. The summed E-state index contributed by atoms with van der Waals surface area (Å²) in [5.41, 5.74) is 1.83. The van der Waals surface area contributed by atoms with E-state index in [1.54, 1.807) is 29.2 Å². The molecule has 0 radical (unpaired) electrons. The van der Waals surface area contributed by atoms with Crippen molar-refractivity contribution < 1.29 is 19.1 Å². The Balaban J connectivity index is 1.38. The minimum atomic E-state index is -0.209. The number of thiazole rings is 1. The molecule has 10 heteroatoms. The van der Waals surface area contributed by atoms with Crippen LogP contribution in [0.2, 0.25) is 0 Å². The predicted octanol–water partition coefficient (Wildman–Crippen LogP) is 4.08. The van der Waals surface area contributed by atoms with Crippen molar-refractivity contribution >= 4 is 66.0 Å². The number of morpholine rings is 1. The summed E-state index contributed by atoms with van der Waals surface area (Å²) in [5.74, 6) is -0.574. The zero-order valence-electron chi connectivity index (χ0n) is 19.1. The third kappa shape index (κ3) is 5.30. The first kappa shape index (κ1) is 24.1. The van der Waals surface area contributed by atoms with Gasteiger partial charge >= 0.3 is 0 Å². The van der Waals surface area contributed by atoms with Crippen LogP contribution in [0, 0.1) is 0 Å². The molecule has 0 unspecified atom stereocenters. The van der Waals surface area contributed by atoms with E-state index in [0.29, 0.717) is 22.9 Å². The number of benzene rings is 2. The van der Waals surface area contributed by atoms with E-state index in [2.05, 4.69) is 20.8 Å². The summed E-state index contributed by atoms with van der Waals surface area (Å²) >= 11 is 4.99. The van der Waals surface area contributed by atoms with Crippen molar-refractivity contribution in [2.24, 2.45) is 0 Å². The number of rotatable bonds is 7. The molecule has 8 nitrogen and oxygen atoms in total. The highest BCUT2D eigenvalue weighted by molar-refractivity contribution is 9.10. The van der Waals surface area contributed by atoms with Crippen molar-refractivity contribution in [2.75, 3.05) is 49.2 Å². The minimum Gasteiger partial charge on any atom is -0.379 e. The summed E-state index contributed by atoms with van der Waals surface area (Å²) in [4.78, 5) is 47.8. The number of amides is 3. The third-order valence-corrected chi connectivity index (χ3v) is 7.73. The molecule has 1 aromatic heterocycles. The van der Waals surface area contributed by atoms with Crippen LogP contribution in [0.4, 0.5) is 10.8 Å². The molecule has 0 saturated carbocycles. The van der Waals surface area contributed by atoms with Gasteiger partial charge in [0.15, 0.2) is 5.13 Å². The molecule has 182 valence electrons. The number of hydrogen-bond donors (Lipinski definition) is 0. The number of carbonyl (C=O) groups is 3. The standard InChI is InChI=1S/C25H25BrN4O4S/c26-18-4-7-20-21(16-18)35-25(27-20)29(11-1-10-28-12-14-34-15-13-28)24(33)17-2-5-19(6-3-17)30-22(31)8-9-23(30)32/h2-7,16H,1,8-15H2. The van der Waals surface area contributed by atoms with Crippen molar-refractivity contribution in [1.82, 2.24) is 9.88 Å². The monoisotopic (exact) mass is 556 g/mol. The number of carbonyl (C=O) groups excluding carboxylic acids is 3. The molecule has 3 amide bonds. The highest BCUT2D eigenvalue weighted by Gasteiger charge is 2.30. The molecule has 5 rings (SSSR count). The first-order valence-corrected chi connectivity index (χ1v) is 13.2. The lowest BCUT2D eigenvalue weighted by atomic mass is 10.1. The van der Waals surface area contributed by atoms with E-state index in [4.69, 9.17) is 9.72 Å². The first-order valence-electron chi connectivity index (χ1n) is 11.6. The molecule has 0 bridgehead atoms. The van der Waals surface area contributed by atoms with Gasteiger partial charge in [0, 0.05) is 49.1 Å². The van der Waals surface area contributed by atoms with Crippen molar-refractivity contribution in [1.29, 1.82) is 0 Å². The summed E-state index contributed by atoms with van der Waals surface area (Å²) in [7, 11) is 0. The van der Waals surface area contributed by atoms with E-state index >= 15 is 0 Å². The van der Waals surface area contributed by atoms with Gasteiger partial charge in [0.25, 0.3) is 5.91 Å². The van der Waals surface area contributed by atoms with Gasteiger partial charge < -0.3 is 4.74 Å². The van der Waals surface area contributed by atoms with Gasteiger partial charge in [0.2, 0.25) is 11.8 Å². The molecule has 3 heterocycles. The van der Waals surface area contributed by atoms with Crippen LogP contribution in [0.3, 0.4) is 0 Å². The average molecular weight is 557 g/mol. The highest BCUT2D eigenvalue weighted by atomic mass is 79.9. The van der Waals surface area contributed by atoms with Crippen LogP contribution in [-0.4, -0.2) is 67.0 Å².